The van der Waals surface area contributed by atoms with E-state index in [1.807, 2.05) is 49.9 Å². The number of nitrogens with zero attached hydrogens (tertiary/aromatic N) is 1. The van der Waals surface area contributed by atoms with E-state index in [-0.39, 0.29) is 17.9 Å². The number of likely N-dealkylation sites (tertiary alicyclic amines) is 1. The molecule has 6 heteroatoms. The molecule has 1 heterocycles. The normalized spacial score (nSPS) is 15.6. The van der Waals surface area contributed by atoms with Crippen molar-refractivity contribution in [3.05, 3.63) is 29.8 Å². The summed E-state index contributed by atoms with van der Waals surface area (Å²) in [7, 11) is 0. The highest BCUT2D eigenvalue weighted by atomic mass is 35.5. The molecule has 1 fully saturated rings. The van der Waals surface area contributed by atoms with Crippen LogP contribution in [-0.4, -0.2) is 48.3 Å². The zero-order valence-electron chi connectivity index (χ0n) is 15.9. The lowest BCUT2D eigenvalue weighted by Gasteiger charge is -2.36. The standard InChI is InChI=1S/C20H29ClN2O3/c1-4-26-17-7-5-15(6-8-17)13-18(24)22-16-9-11-23(12-10-16)19(25)20(2,3)14-21/h5-8,16H,4,9-14H2,1-3H3,(H,22,24). The average Bonchev–Trinajstić information content (AvgIpc) is 2.63. The van der Waals surface area contributed by atoms with Gasteiger partial charge in [0.25, 0.3) is 0 Å². The van der Waals surface area contributed by atoms with Crippen LogP contribution in [0.3, 0.4) is 0 Å². The fraction of sp³-hybridized carbons (Fsp3) is 0.600. The number of hydrogen-bond donors (Lipinski definition) is 1. The Labute approximate surface area is 161 Å². The molecule has 1 saturated heterocycles. The van der Waals surface area contributed by atoms with Crippen LogP contribution in [0.5, 0.6) is 5.75 Å². The second-order valence-corrected chi connectivity index (χ2v) is 7.67. The van der Waals surface area contributed by atoms with E-state index in [1.165, 1.54) is 0 Å². The minimum Gasteiger partial charge on any atom is -0.494 e. The molecular weight excluding hydrogens is 352 g/mol. The number of halogens is 1. The molecule has 26 heavy (non-hydrogen) atoms. The third-order valence-corrected chi connectivity index (χ3v) is 5.33. The van der Waals surface area contributed by atoms with Gasteiger partial charge in [-0.25, -0.2) is 0 Å². The summed E-state index contributed by atoms with van der Waals surface area (Å²) in [5.74, 6) is 1.23. The molecule has 1 aliphatic heterocycles. The molecule has 1 aromatic carbocycles. The monoisotopic (exact) mass is 380 g/mol. The van der Waals surface area contributed by atoms with Crippen molar-refractivity contribution in [1.29, 1.82) is 0 Å². The van der Waals surface area contributed by atoms with E-state index in [2.05, 4.69) is 5.32 Å². The van der Waals surface area contributed by atoms with Gasteiger partial charge in [0, 0.05) is 25.0 Å². The van der Waals surface area contributed by atoms with Crippen LogP contribution in [0.4, 0.5) is 0 Å². The Morgan fingerprint density at radius 1 is 1.23 bits per heavy atom. The molecule has 0 spiro atoms. The van der Waals surface area contributed by atoms with Gasteiger partial charge < -0.3 is 15.0 Å². The van der Waals surface area contributed by atoms with Crippen molar-refractivity contribution < 1.29 is 14.3 Å². The molecule has 0 unspecified atom stereocenters. The molecule has 144 valence electrons. The second kappa shape index (κ2) is 9.26. The van der Waals surface area contributed by atoms with Gasteiger partial charge in [-0.05, 0) is 51.3 Å². The number of ether oxygens (including phenoxy) is 1. The first-order chi connectivity index (χ1) is 12.4. The van der Waals surface area contributed by atoms with E-state index in [9.17, 15) is 9.59 Å². The van der Waals surface area contributed by atoms with Crippen LogP contribution in [0.15, 0.2) is 24.3 Å². The molecule has 0 aliphatic carbocycles. The van der Waals surface area contributed by atoms with Crippen molar-refractivity contribution in [1.82, 2.24) is 10.2 Å². The summed E-state index contributed by atoms with van der Waals surface area (Å²) in [5, 5.41) is 3.09. The number of amides is 2. The summed E-state index contributed by atoms with van der Waals surface area (Å²) in [6.07, 6.45) is 1.91. The van der Waals surface area contributed by atoms with E-state index in [4.69, 9.17) is 16.3 Å². The third-order valence-electron chi connectivity index (χ3n) is 4.66. The number of alkyl halides is 1. The van der Waals surface area contributed by atoms with E-state index in [1.54, 1.807) is 0 Å². The van der Waals surface area contributed by atoms with Crippen LogP contribution in [0.1, 0.15) is 39.2 Å². The quantitative estimate of drug-likeness (QED) is 0.740. The van der Waals surface area contributed by atoms with Crippen LogP contribution in [0.25, 0.3) is 0 Å². The number of nitrogens with one attached hydrogen (secondary N) is 1. The molecule has 5 nitrogen and oxygen atoms in total. The van der Waals surface area contributed by atoms with Crippen molar-refractivity contribution in [2.24, 2.45) is 5.41 Å². The number of piperidine rings is 1. The predicted octanol–water partition coefficient (Wildman–Crippen LogP) is 3.00. The van der Waals surface area contributed by atoms with Crippen LogP contribution in [0, 0.1) is 5.41 Å². The van der Waals surface area contributed by atoms with Crippen LogP contribution in [0.2, 0.25) is 0 Å². The van der Waals surface area contributed by atoms with Gasteiger partial charge in [-0.15, -0.1) is 11.6 Å². The average molecular weight is 381 g/mol. The molecule has 2 rings (SSSR count). The largest absolute Gasteiger partial charge is 0.494 e. The SMILES string of the molecule is CCOc1ccc(CC(=O)NC2CCN(C(=O)C(C)(C)CCl)CC2)cc1. The highest BCUT2D eigenvalue weighted by Gasteiger charge is 2.33. The summed E-state index contributed by atoms with van der Waals surface area (Å²) >= 11 is 5.90. The number of benzene rings is 1. The van der Waals surface area contributed by atoms with Gasteiger partial charge in [0.1, 0.15) is 5.75 Å². The molecule has 0 bridgehead atoms. The highest BCUT2D eigenvalue weighted by Crippen LogP contribution is 2.23. The van der Waals surface area contributed by atoms with Crippen molar-refractivity contribution in [2.75, 3.05) is 25.6 Å². The van der Waals surface area contributed by atoms with Crippen LogP contribution >= 0.6 is 11.6 Å². The Bertz CT molecular complexity index is 608. The molecule has 0 aromatic heterocycles. The van der Waals surface area contributed by atoms with Crippen molar-refractivity contribution in [2.45, 2.75) is 46.1 Å². The highest BCUT2D eigenvalue weighted by molar-refractivity contribution is 6.19. The Hall–Kier alpha value is -1.75. The van der Waals surface area contributed by atoms with E-state index in [0.29, 0.717) is 32.0 Å². The fourth-order valence-electron chi connectivity index (χ4n) is 3.05. The van der Waals surface area contributed by atoms with Gasteiger partial charge >= 0.3 is 0 Å². The maximum Gasteiger partial charge on any atom is 0.229 e. The minimum atomic E-state index is -0.536. The number of carbonyl (C=O) groups is 2. The zero-order valence-corrected chi connectivity index (χ0v) is 16.6. The molecule has 0 atom stereocenters. The Morgan fingerprint density at radius 2 is 1.85 bits per heavy atom. The molecule has 0 radical (unpaired) electrons. The van der Waals surface area contributed by atoms with Gasteiger partial charge in [0.2, 0.25) is 11.8 Å². The van der Waals surface area contributed by atoms with Crippen molar-refractivity contribution in [3.8, 4) is 5.75 Å². The number of hydrogen-bond acceptors (Lipinski definition) is 3. The predicted molar refractivity (Wildman–Crippen MR) is 104 cm³/mol. The van der Waals surface area contributed by atoms with Crippen LogP contribution in [-0.2, 0) is 16.0 Å². The lowest BCUT2D eigenvalue weighted by atomic mass is 9.92. The Kier molecular flexibility index (Phi) is 7.33. The summed E-state index contributed by atoms with van der Waals surface area (Å²) in [6.45, 7) is 7.63. The van der Waals surface area contributed by atoms with Crippen molar-refractivity contribution >= 4 is 23.4 Å². The lowest BCUT2D eigenvalue weighted by Crippen LogP contribution is -2.50. The van der Waals surface area contributed by atoms with Gasteiger partial charge in [-0.3, -0.25) is 9.59 Å². The van der Waals surface area contributed by atoms with Gasteiger partial charge in [0.15, 0.2) is 0 Å². The van der Waals surface area contributed by atoms with E-state index < -0.39 is 5.41 Å². The maximum atomic E-state index is 12.4. The zero-order chi connectivity index (χ0) is 19.2. The molecule has 2 amide bonds. The van der Waals surface area contributed by atoms with E-state index in [0.717, 1.165) is 24.2 Å². The smallest absolute Gasteiger partial charge is 0.229 e. The van der Waals surface area contributed by atoms with Crippen molar-refractivity contribution in [3.63, 3.8) is 0 Å². The Morgan fingerprint density at radius 3 is 2.38 bits per heavy atom. The molecular formula is C20H29ClN2O3. The summed E-state index contributed by atoms with van der Waals surface area (Å²) in [5.41, 5.74) is 0.424. The second-order valence-electron chi connectivity index (χ2n) is 7.41. The van der Waals surface area contributed by atoms with Crippen LogP contribution < -0.4 is 10.1 Å². The Balaban J connectivity index is 1.78. The fourth-order valence-corrected chi connectivity index (χ4v) is 3.16. The summed E-state index contributed by atoms with van der Waals surface area (Å²) in [4.78, 5) is 26.6. The van der Waals surface area contributed by atoms with E-state index >= 15 is 0 Å². The summed E-state index contributed by atoms with van der Waals surface area (Å²) in [6, 6.07) is 7.72. The number of rotatable bonds is 7. The molecule has 0 saturated carbocycles. The third kappa shape index (κ3) is 5.63. The minimum absolute atomic E-state index is 0.0139. The first-order valence-corrected chi connectivity index (χ1v) is 9.75. The molecule has 1 N–H and O–H groups in total. The lowest BCUT2D eigenvalue weighted by molar-refractivity contribution is -0.140. The first-order valence-electron chi connectivity index (χ1n) is 9.22. The first kappa shape index (κ1) is 20.6. The number of carbonyl (C=O) groups excluding carboxylic acids is 2. The molecule has 1 aliphatic rings. The van der Waals surface area contributed by atoms with Gasteiger partial charge in [0.05, 0.1) is 18.4 Å². The summed E-state index contributed by atoms with van der Waals surface area (Å²) < 4.78 is 5.41. The maximum absolute atomic E-state index is 12.4. The topological polar surface area (TPSA) is 58.6 Å². The molecule has 1 aromatic rings. The van der Waals surface area contributed by atoms with Gasteiger partial charge in [-0.1, -0.05) is 12.1 Å². The van der Waals surface area contributed by atoms with Gasteiger partial charge in [-0.2, -0.15) is 0 Å².